The molecule has 0 spiro atoms. The second-order valence-electron chi connectivity index (χ2n) is 4.08. The molecule has 0 atom stereocenters. The molecule has 1 N–H and O–H groups in total. The van der Waals surface area contributed by atoms with Crippen molar-refractivity contribution >= 4 is 11.6 Å². The minimum Gasteiger partial charge on any atom is -0.493 e. The van der Waals surface area contributed by atoms with Crippen molar-refractivity contribution in [1.29, 1.82) is 0 Å². The summed E-state index contributed by atoms with van der Waals surface area (Å²) in [6.07, 6.45) is 0. The van der Waals surface area contributed by atoms with E-state index in [-0.39, 0.29) is 5.91 Å². The third-order valence-electron chi connectivity index (χ3n) is 2.74. The van der Waals surface area contributed by atoms with Crippen molar-refractivity contribution in [2.45, 2.75) is 6.54 Å². The highest BCUT2D eigenvalue weighted by Gasteiger charge is 2.19. The quantitative estimate of drug-likeness (QED) is 0.835. The Labute approximate surface area is 100 Å². The monoisotopic (exact) mass is 236 g/mol. The SMILES string of the molecule is COc1cc2c(cc1OC)NC(=O)CN(C)C2. The van der Waals surface area contributed by atoms with E-state index in [4.69, 9.17) is 9.47 Å². The van der Waals surface area contributed by atoms with Crippen LogP contribution in [0, 0.1) is 0 Å². The normalized spacial score (nSPS) is 15.8. The third kappa shape index (κ3) is 2.34. The topological polar surface area (TPSA) is 50.8 Å². The summed E-state index contributed by atoms with van der Waals surface area (Å²) in [5, 5.41) is 2.86. The molecule has 0 saturated carbocycles. The van der Waals surface area contributed by atoms with Crippen LogP contribution in [0.2, 0.25) is 0 Å². The smallest absolute Gasteiger partial charge is 0.238 e. The molecule has 1 aliphatic rings. The second-order valence-corrected chi connectivity index (χ2v) is 4.08. The maximum Gasteiger partial charge on any atom is 0.238 e. The van der Waals surface area contributed by atoms with Crippen molar-refractivity contribution in [1.82, 2.24) is 4.90 Å². The zero-order valence-electron chi connectivity index (χ0n) is 10.2. The lowest BCUT2D eigenvalue weighted by atomic mass is 10.1. The third-order valence-corrected chi connectivity index (χ3v) is 2.74. The number of anilines is 1. The molecular weight excluding hydrogens is 220 g/mol. The molecular formula is C12H16N2O3. The molecule has 1 amide bonds. The number of rotatable bonds is 2. The molecule has 0 unspecified atom stereocenters. The average molecular weight is 236 g/mol. The maximum atomic E-state index is 11.6. The molecule has 0 aromatic heterocycles. The van der Waals surface area contributed by atoms with Gasteiger partial charge >= 0.3 is 0 Å². The van der Waals surface area contributed by atoms with Crippen LogP contribution in [-0.2, 0) is 11.3 Å². The number of ether oxygens (including phenoxy) is 2. The van der Waals surface area contributed by atoms with Gasteiger partial charge < -0.3 is 14.8 Å². The van der Waals surface area contributed by atoms with Gasteiger partial charge in [-0.05, 0) is 18.7 Å². The van der Waals surface area contributed by atoms with E-state index in [0.29, 0.717) is 24.6 Å². The lowest BCUT2D eigenvalue weighted by Gasteiger charge is -2.14. The summed E-state index contributed by atoms with van der Waals surface area (Å²) in [4.78, 5) is 13.5. The Morgan fingerprint density at radius 2 is 1.82 bits per heavy atom. The Morgan fingerprint density at radius 1 is 1.18 bits per heavy atom. The predicted octanol–water partition coefficient (Wildman–Crippen LogP) is 1.09. The van der Waals surface area contributed by atoms with Gasteiger partial charge in [-0.3, -0.25) is 9.69 Å². The Hall–Kier alpha value is -1.75. The number of carbonyl (C=O) groups is 1. The molecule has 1 heterocycles. The summed E-state index contributed by atoms with van der Waals surface area (Å²) in [5.41, 5.74) is 1.81. The fourth-order valence-corrected chi connectivity index (χ4v) is 1.95. The molecule has 0 bridgehead atoms. The van der Waals surface area contributed by atoms with E-state index >= 15 is 0 Å². The molecule has 5 heteroatoms. The van der Waals surface area contributed by atoms with Crippen LogP contribution >= 0.6 is 0 Å². The van der Waals surface area contributed by atoms with Crippen molar-refractivity contribution in [3.63, 3.8) is 0 Å². The van der Waals surface area contributed by atoms with E-state index in [9.17, 15) is 4.79 Å². The summed E-state index contributed by atoms with van der Waals surface area (Å²) in [6.45, 7) is 1.09. The minimum absolute atomic E-state index is 0.0153. The summed E-state index contributed by atoms with van der Waals surface area (Å²) in [5.74, 6) is 1.28. The van der Waals surface area contributed by atoms with E-state index in [1.807, 2.05) is 18.0 Å². The first-order chi connectivity index (χ1) is 8.13. The molecule has 0 radical (unpaired) electrons. The van der Waals surface area contributed by atoms with Gasteiger partial charge in [-0.15, -0.1) is 0 Å². The highest BCUT2D eigenvalue weighted by Crippen LogP contribution is 2.34. The Bertz CT molecular complexity index is 446. The van der Waals surface area contributed by atoms with Crippen LogP contribution in [0.25, 0.3) is 0 Å². The summed E-state index contributed by atoms with van der Waals surface area (Å²) < 4.78 is 10.5. The fraction of sp³-hybridized carbons (Fsp3) is 0.417. The van der Waals surface area contributed by atoms with Crippen LogP contribution in [0.15, 0.2) is 12.1 Å². The number of hydrogen-bond acceptors (Lipinski definition) is 4. The van der Waals surface area contributed by atoms with E-state index in [0.717, 1.165) is 11.3 Å². The Balaban J connectivity index is 2.46. The van der Waals surface area contributed by atoms with Crippen LogP contribution in [-0.4, -0.2) is 38.6 Å². The van der Waals surface area contributed by atoms with Crippen LogP contribution in [0.5, 0.6) is 11.5 Å². The molecule has 1 aromatic rings. The van der Waals surface area contributed by atoms with Crippen molar-refractivity contribution in [2.75, 3.05) is 33.1 Å². The van der Waals surface area contributed by atoms with Gasteiger partial charge in [0.1, 0.15) is 0 Å². The number of hydrogen-bond donors (Lipinski definition) is 1. The lowest BCUT2D eigenvalue weighted by molar-refractivity contribution is -0.116. The summed E-state index contributed by atoms with van der Waals surface area (Å²) >= 11 is 0. The van der Waals surface area contributed by atoms with Crippen LogP contribution < -0.4 is 14.8 Å². The van der Waals surface area contributed by atoms with Gasteiger partial charge in [-0.1, -0.05) is 0 Å². The van der Waals surface area contributed by atoms with E-state index in [1.54, 1.807) is 20.3 Å². The van der Waals surface area contributed by atoms with Gasteiger partial charge in [0, 0.05) is 18.3 Å². The van der Waals surface area contributed by atoms with E-state index < -0.39 is 0 Å². The lowest BCUT2D eigenvalue weighted by Crippen LogP contribution is -2.26. The molecule has 1 aliphatic heterocycles. The van der Waals surface area contributed by atoms with Crippen LogP contribution in [0.4, 0.5) is 5.69 Å². The van der Waals surface area contributed by atoms with Gasteiger partial charge in [0.2, 0.25) is 5.91 Å². The fourth-order valence-electron chi connectivity index (χ4n) is 1.95. The van der Waals surface area contributed by atoms with Crippen molar-refractivity contribution in [3.8, 4) is 11.5 Å². The number of amides is 1. The largest absolute Gasteiger partial charge is 0.493 e. The zero-order valence-corrected chi connectivity index (χ0v) is 10.2. The van der Waals surface area contributed by atoms with Gasteiger partial charge in [0.25, 0.3) is 0 Å². The highest BCUT2D eigenvalue weighted by molar-refractivity contribution is 5.94. The van der Waals surface area contributed by atoms with Crippen molar-refractivity contribution in [2.24, 2.45) is 0 Å². The second kappa shape index (κ2) is 4.63. The maximum absolute atomic E-state index is 11.6. The molecule has 1 aromatic carbocycles. The molecule has 92 valence electrons. The number of likely N-dealkylation sites (N-methyl/N-ethyl adjacent to an activating group) is 1. The summed E-state index contributed by atoms with van der Waals surface area (Å²) in [6, 6.07) is 3.70. The molecule has 2 rings (SSSR count). The van der Waals surface area contributed by atoms with E-state index in [1.165, 1.54) is 0 Å². The molecule has 5 nitrogen and oxygen atoms in total. The molecule has 0 fully saturated rings. The number of nitrogens with zero attached hydrogens (tertiary/aromatic N) is 1. The van der Waals surface area contributed by atoms with Crippen LogP contribution in [0.3, 0.4) is 0 Å². The van der Waals surface area contributed by atoms with Gasteiger partial charge in [0.05, 0.1) is 20.8 Å². The number of fused-ring (bicyclic) bond motifs is 1. The van der Waals surface area contributed by atoms with Gasteiger partial charge in [0.15, 0.2) is 11.5 Å². The average Bonchev–Trinajstić information content (AvgIpc) is 2.43. The van der Waals surface area contributed by atoms with Crippen LogP contribution in [0.1, 0.15) is 5.56 Å². The molecule has 0 aliphatic carbocycles. The Morgan fingerprint density at radius 3 is 2.47 bits per heavy atom. The van der Waals surface area contributed by atoms with Gasteiger partial charge in [-0.25, -0.2) is 0 Å². The first-order valence-electron chi connectivity index (χ1n) is 5.37. The number of nitrogens with one attached hydrogen (secondary N) is 1. The van der Waals surface area contributed by atoms with Crippen molar-refractivity contribution in [3.05, 3.63) is 17.7 Å². The number of methoxy groups -OCH3 is 2. The Kier molecular flexibility index (Phi) is 3.19. The summed E-state index contributed by atoms with van der Waals surface area (Å²) in [7, 11) is 5.09. The minimum atomic E-state index is -0.0153. The predicted molar refractivity (Wildman–Crippen MR) is 64.5 cm³/mol. The number of benzene rings is 1. The molecule has 17 heavy (non-hydrogen) atoms. The first-order valence-corrected chi connectivity index (χ1v) is 5.37. The zero-order chi connectivity index (χ0) is 12.4. The first kappa shape index (κ1) is 11.7. The van der Waals surface area contributed by atoms with Crippen molar-refractivity contribution < 1.29 is 14.3 Å². The standard InChI is InChI=1S/C12H16N2O3/c1-14-6-8-4-10(16-2)11(17-3)5-9(8)13-12(15)7-14/h4-5H,6-7H2,1-3H3,(H,13,15). The molecule has 0 saturated heterocycles. The van der Waals surface area contributed by atoms with E-state index in [2.05, 4.69) is 5.32 Å². The van der Waals surface area contributed by atoms with Gasteiger partial charge in [-0.2, -0.15) is 0 Å². The number of carbonyl (C=O) groups excluding carboxylic acids is 1. The highest BCUT2D eigenvalue weighted by atomic mass is 16.5.